The van der Waals surface area contributed by atoms with Crippen molar-refractivity contribution in [3.05, 3.63) is 0 Å². The molecule has 17 heavy (non-hydrogen) atoms. The van der Waals surface area contributed by atoms with Gasteiger partial charge >= 0.3 is 12.0 Å². The van der Waals surface area contributed by atoms with Gasteiger partial charge in [0.25, 0.3) is 0 Å². The number of hydrogen-bond donors (Lipinski definition) is 3. The summed E-state index contributed by atoms with van der Waals surface area (Å²) >= 11 is 0. The molecule has 0 fully saturated rings. The average Bonchev–Trinajstić information content (AvgIpc) is 2.27. The van der Waals surface area contributed by atoms with Gasteiger partial charge in [-0.15, -0.1) is 0 Å². The minimum absolute atomic E-state index is 0.343. The van der Waals surface area contributed by atoms with E-state index in [9.17, 15) is 14.7 Å². The van der Waals surface area contributed by atoms with Crippen LogP contribution in [0.25, 0.3) is 0 Å². The third kappa shape index (κ3) is 5.50. The zero-order valence-corrected chi connectivity index (χ0v) is 10.4. The van der Waals surface area contributed by atoms with Crippen molar-refractivity contribution < 1.29 is 24.5 Å². The van der Waals surface area contributed by atoms with Gasteiger partial charge in [-0.2, -0.15) is 0 Å². The van der Waals surface area contributed by atoms with Gasteiger partial charge < -0.3 is 25.2 Å². The first-order valence-electron chi connectivity index (χ1n) is 5.32. The third-order valence-electron chi connectivity index (χ3n) is 2.28. The normalized spacial score (nSPS) is 13.9. The summed E-state index contributed by atoms with van der Waals surface area (Å²) < 4.78 is 4.84. The molecule has 0 saturated carbocycles. The maximum absolute atomic E-state index is 11.6. The molecule has 0 aliphatic heterocycles. The number of nitrogens with zero attached hydrogens (tertiary/aromatic N) is 1. The first-order chi connectivity index (χ1) is 7.85. The van der Waals surface area contributed by atoms with E-state index < -0.39 is 17.6 Å². The van der Waals surface area contributed by atoms with Crippen LogP contribution in [0.4, 0.5) is 4.79 Å². The number of carbonyl (C=O) groups excluding carboxylic acids is 1. The van der Waals surface area contributed by atoms with E-state index in [1.165, 1.54) is 12.0 Å². The number of carbonyl (C=O) groups is 2. The Bertz CT molecular complexity index is 267. The fourth-order valence-electron chi connectivity index (χ4n) is 1.04. The number of carboxylic acids is 1. The van der Waals surface area contributed by atoms with E-state index in [0.29, 0.717) is 19.7 Å². The van der Waals surface area contributed by atoms with Gasteiger partial charge in [0.1, 0.15) is 0 Å². The van der Waals surface area contributed by atoms with Crippen molar-refractivity contribution in [2.75, 3.05) is 33.4 Å². The predicted octanol–water partition coefficient (Wildman–Crippen LogP) is -0.500. The van der Waals surface area contributed by atoms with Crippen molar-refractivity contribution in [1.82, 2.24) is 10.2 Å². The molecule has 0 aliphatic carbocycles. The van der Waals surface area contributed by atoms with Crippen LogP contribution in [0.2, 0.25) is 0 Å². The van der Waals surface area contributed by atoms with Crippen LogP contribution in [0.1, 0.15) is 13.8 Å². The minimum Gasteiger partial charge on any atom is -0.479 e. The molecule has 2 amide bonds. The molecule has 0 aromatic carbocycles. The molecule has 0 aromatic heterocycles. The average molecular weight is 248 g/mol. The van der Waals surface area contributed by atoms with E-state index in [-0.39, 0.29) is 6.54 Å². The van der Waals surface area contributed by atoms with E-state index in [1.807, 2.05) is 0 Å². The number of ether oxygens (including phenoxy) is 1. The summed E-state index contributed by atoms with van der Waals surface area (Å²) in [6.07, 6.45) is 0. The smallest absolute Gasteiger partial charge is 0.337 e. The number of likely N-dealkylation sites (N-methyl/N-ethyl adjacent to an activating group) is 1. The number of aliphatic hydroxyl groups is 1. The molecule has 3 N–H and O–H groups in total. The first kappa shape index (κ1) is 15.7. The lowest BCUT2D eigenvalue weighted by Crippen LogP contribution is -2.50. The van der Waals surface area contributed by atoms with E-state index in [1.54, 1.807) is 6.92 Å². The van der Waals surface area contributed by atoms with E-state index in [0.717, 1.165) is 6.92 Å². The third-order valence-corrected chi connectivity index (χ3v) is 2.28. The molecule has 0 saturated heterocycles. The highest BCUT2D eigenvalue weighted by Gasteiger charge is 2.30. The van der Waals surface area contributed by atoms with Crippen LogP contribution >= 0.6 is 0 Å². The highest BCUT2D eigenvalue weighted by molar-refractivity contribution is 5.79. The SMILES string of the molecule is CCN(CCOC)C(=O)NCC(C)(O)C(=O)O. The molecule has 0 spiro atoms. The maximum Gasteiger partial charge on any atom is 0.337 e. The largest absolute Gasteiger partial charge is 0.479 e. The zero-order valence-electron chi connectivity index (χ0n) is 10.4. The van der Waals surface area contributed by atoms with Gasteiger partial charge in [0, 0.05) is 20.2 Å². The molecule has 0 aliphatic rings. The molecule has 0 radical (unpaired) electrons. The quantitative estimate of drug-likeness (QED) is 0.564. The number of rotatable bonds is 7. The van der Waals surface area contributed by atoms with E-state index >= 15 is 0 Å². The van der Waals surface area contributed by atoms with Gasteiger partial charge in [-0.05, 0) is 13.8 Å². The summed E-state index contributed by atoms with van der Waals surface area (Å²) in [5.41, 5.74) is -1.96. The summed E-state index contributed by atoms with van der Waals surface area (Å²) in [5.74, 6) is -1.38. The van der Waals surface area contributed by atoms with E-state index in [4.69, 9.17) is 9.84 Å². The van der Waals surface area contributed by atoms with Gasteiger partial charge in [0.05, 0.1) is 13.2 Å². The maximum atomic E-state index is 11.6. The topological polar surface area (TPSA) is 99.1 Å². The van der Waals surface area contributed by atoms with Gasteiger partial charge in [-0.25, -0.2) is 9.59 Å². The monoisotopic (exact) mass is 248 g/mol. The standard InChI is InChI=1S/C10H20N2O5/c1-4-12(5-6-17-3)9(15)11-7-10(2,16)8(13)14/h16H,4-7H2,1-3H3,(H,11,15)(H,13,14). The highest BCUT2D eigenvalue weighted by atomic mass is 16.5. The summed E-state index contributed by atoms with van der Waals surface area (Å²) in [4.78, 5) is 23.7. The van der Waals surface area contributed by atoms with Gasteiger partial charge in [0.2, 0.25) is 0 Å². The predicted molar refractivity (Wildman–Crippen MR) is 60.8 cm³/mol. The molecule has 0 bridgehead atoms. The Kier molecular flexibility index (Phi) is 6.52. The minimum atomic E-state index is -1.96. The fourth-order valence-corrected chi connectivity index (χ4v) is 1.04. The van der Waals surface area contributed by atoms with Gasteiger partial charge in [0.15, 0.2) is 5.60 Å². The second-order valence-corrected chi connectivity index (χ2v) is 3.81. The molecule has 0 aromatic rings. The van der Waals surface area contributed by atoms with Crippen LogP contribution in [-0.2, 0) is 9.53 Å². The van der Waals surface area contributed by atoms with Crippen molar-refractivity contribution in [1.29, 1.82) is 0 Å². The Hall–Kier alpha value is -1.34. The van der Waals surface area contributed by atoms with Crippen molar-refractivity contribution in [3.63, 3.8) is 0 Å². The lowest BCUT2D eigenvalue weighted by molar-refractivity contribution is -0.155. The number of aliphatic carboxylic acids is 1. The molecule has 1 atom stereocenters. The lowest BCUT2D eigenvalue weighted by atomic mass is 10.1. The van der Waals surface area contributed by atoms with Crippen LogP contribution in [0.15, 0.2) is 0 Å². The lowest BCUT2D eigenvalue weighted by Gasteiger charge is -2.24. The first-order valence-corrected chi connectivity index (χ1v) is 5.32. The zero-order chi connectivity index (χ0) is 13.5. The highest BCUT2D eigenvalue weighted by Crippen LogP contribution is 2.01. The second-order valence-electron chi connectivity index (χ2n) is 3.81. The molecule has 1 unspecified atom stereocenters. The van der Waals surface area contributed by atoms with Crippen molar-refractivity contribution >= 4 is 12.0 Å². The van der Waals surface area contributed by atoms with Crippen molar-refractivity contribution in [3.8, 4) is 0 Å². The Morgan fingerprint density at radius 2 is 2.06 bits per heavy atom. The van der Waals surface area contributed by atoms with Crippen LogP contribution in [0.3, 0.4) is 0 Å². The molecule has 0 rings (SSSR count). The summed E-state index contributed by atoms with van der Waals surface area (Å²) in [6, 6.07) is -0.425. The van der Waals surface area contributed by atoms with Gasteiger partial charge in [-0.1, -0.05) is 0 Å². The number of urea groups is 1. The van der Waals surface area contributed by atoms with Crippen molar-refractivity contribution in [2.45, 2.75) is 19.4 Å². The fraction of sp³-hybridized carbons (Fsp3) is 0.800. The summed E-state index contributed by atoms with van der Waals surface area (Å²) in [6.45, 7) is 3.87. The second kappa shape index (κ2) is 7.08. The molecule has 7 heteroatoms. The number of amides is 2. The van der Waals surface area contributed by atoms with Crippen molar-refractivity contribution in [2.24, 2.45) is 0 Å². The Morgan fingerprint density at radius 1 is 1.47 bits per heavy atom. The number of carboxylic acid groups (broad SMARTS) is 1. The summed E-state index contributed by atoms with van der Waals surface area (Å²) in [7, 11) is 1.53. The molecule has 0 heterocycles. The molecule has 7 nitrogen and oxygen atoms in total. The van der Waals surface area contributed by atoms with Crippen LogP contribution in [0, 0.1) is 0 Å². The van der Waals surface area contributed by atoms with Crippen LogP contribution in [0.5, 0.6) is 0 Å². The summed E-state index contributed by atoms with van der Waals surface area (Å²) in [5, 5.41) is 20.4. The van der Waals surface area contributed by atoms with E-state index in [2.05, 4.69) is 5.32 Å². The molecule has 100 valence electrons. The van der Waals surface area contributed by atoms with Crippen LogP contribution < -0.4 is 5.32 Å². The Labute approximate surface area is 100 Å². The molecular weight excluding hydrogens is 228 g/mol. The number of hydrogen-bond acceptors (Lipinski definition) is 4. The van der Waals surface area contributed by atoms with Gasteiger partial charge in [-0.3, -0.25) is 0 Å². The molecular formula is C10H20N2O5. The number of methoxy groups -OCH3 is 1. The number of nitrogens with one attached hydrogen (secondary N) is 1. The van der Waals surface area contributed by atoms with Crippen LogP contribution in [-0.4, -0.2) is 66.1 Å². The Balaban J connectivity index is 4.19. The Morgan fingerprint density at radius 3 is 2.47 bits per heavy atom.